The minimum absolute atomic E-state index is 0.138. The highest BCUT2D eigenvalue weighted by Crippen LogP contribution is 2.36. The van der Waals surface area contributed by atoms with Crippen LogP contribution < -0.4 is 10.2 Å². The molecule has 1 N–H and O–H groups in total. The Balaban J connectivity index is 1.76. The summed E-state index contributed by atoms with van der Waals surface area (Å²) in [6.45, 7) is 3.90. The van der Waals surface area contributed by atoms with Crippen molar-refractivity contribution in [3.8, 4) is 0 Å². The quantitative estimate of drug-likeness (QED) is 0.735. The molecule has 0 bridgehead atoms. The average Bonchev–Trinajstić information content (AvgIpc) is 3.23. The van der Waals surface area contributed by atoms with Crippen molar-refractivity contribution in [2.75, 3.05) is 23.3 Å². The van der Waals surface area contributed by atoms with Gasteiger partial charge in [-0.2, -0.15) is 0 Å². The molecule has 4 rings (SSSR count). The van der Waals surface area contributed by atoms with E-state index in [0.717, 1.165) is 46.8 Å². The molecule has 0 radical (unpaired) electrons. The lowest BCUT2D eigenvalue weighted by Crippen LogP contribution is -2.20. The van der Waals surface area contributed by atoms with E-state index in [1.165, 1.54) is 11.3 Å². The van der Waals surface area contributed by atoms with Gasteiger partial charge in [0, 0.05) is 28.7 Å². The van der Waals surface area contributed by atoms with Crippen LogP contribution in [0.5, 0.6) is 0 Å². The molecule has 128 valence electrons. The van der Waals surface area contributed by atoms with Crippen LogP contribution in [0.2, 0.25) is 5.02 Å². The van der Waals surface area contributed by atoms with Crippen molar-refractivity contribution in [1.82, 2.24) is 9.97 Å². The van der Waals surface area contributed by atoms with Crippen LogP contribution in [-0.4, -0.2) is 29.0 Å². The molecular weight excluding hydrogens is 356 g/mol. The van der Waals surface area contributed by atoms with Crippen LogP contribution in [0.25, 0.3) is 10.2 Å². The first kappa shape index (κ1) is 16.3. The average molecular weight is 373 g/mol. The van der Waals surface area contributed by atoms with E-state index in [1.807, 2.05) is 6.92 Å². The molecule has 3 aromatic rings. The largest absolute Gasteiger partial charge is 0.356 e. The summed E-state index contributed by atoms with van der Waals surface area (Å²) in [5, 5.41) is 4.46. The second kappa shape index (κ2) is 6.61. The van der Waals surface area contributed by atoms with E-state index in [4.69, 9.17) is 11.6 Å². The zero-order valence-corrected chi connectivity index (χ0v) is 15.3. The number of nitrogens with zero attached hydrogens (tertiary/aromatic N) is 3. The van der Waals surface area contributed by atoms with Crippen LogP contribution in [0.1, 0.15) is 28.1 Å². The highest BCUT2D eigenvalue weighted by molar-refractivity contribution is 7.19. The number of hydrogen-bond donors (Lipinski definition) is 1. The van der Waals surface area contributed by atoms with Crippen molar-refractivity contribution in [3.05, 3.63) is 46.1 Å². The van der Waals surface area contributed by atoms with E-state index in [0.29, 0.717) is 16.3 Å². The molecule has 3 heterocycles. The Morgan fingerprint density at radius 1 is 1.20 bits per heavy atom. The Kier molecular flexibility index (Phi) is 4.31. The second-order valence-corrected chi connectivity index (χ2v) is 7.71. The monoisotopic (exact) mass is 372 g/mol. The van der Waals surface area contributed by atoms with Crippen LogP contribution in [0, 0.1) is 6.92 Å². The normalized spacial score (nSPS) is 14.2. The number of amides is 1. The first-order valence-corrected chi connectivity index (χ1v) is 9.39. The summed E-state index contributed by atoms with van der Waals surface area (Å²) in [6, 6.07) is 7.10. The van der Waals surface area contributed by atoms with Crippen molar-refractivity contribution in [2.24, 2.45) is 0 Å². The number of benzene rings is 1. The third kappa shape index (κ3) is 3.07. The van der Waals surface area contributed by atoms with Crippen molar-refractivity contribution >= 4 is 50.6 Å². The number of aryl methyl sites for hydroxylation is 1. The number of halogens is 1. The Hall–Kier alpha value is -2.18. The summed E-state index contributed by atoms with van der Waals surface area (Å²) in [6.07, 6.45) is 3.90. The molecule has 2 aromatic heterocycles. The lowest BCUT2D eigenvalue weighted by molar-refractivity contribution is 0.102. The van der Waals surface area contributed by atoms with Crippen LogP contribution >= 0.6 is 22.9 Å². The summed E-state index contributed by atoms with van der Waals surface area (Å²) in [4.78, 5) is 25.9. The van der Waals surface area contributed by atoms with Gasteiger partial charge in [-0.3, -0.25) is 4.79 Å². The molecule has 25 heavy (non-hydrogen) atoms. The van der Waals surface area contributed by atoms with Gasteiger partial charge in [0.2, 0.25) is 0 Å². The van der Waals surface area contributed by atoms with Gasteiger partial charge in [-0.15, -0.1) is 11.3 Å². The van der Waals surface area contributed by atoms with Crippen molar-refractivity contribution < 1.29 is 4.79 Å². The van der Waals surface area contributed by atoms with Gasteiger partial charge < -0.3 is 10.2 Å². The highest BCUT2D eigenvalue weighted by atomic mass is 35.5. The zero-order valence-electron chi connectivity index (χ0n) is 13.8. The summed E-state index contributed by atoms with van der Waals surface area (Å²) in [5.41, 5.74) is 1.38. The standard InChI is InChI=1S/C18H17ClN4OS/c1-11-14(17(24)22-13-6-4-12(19)5-7-13)15-16(23-8-2-3-9-23)20-10-21-18(15)25-11/h4-7,10H,2-3,8-9H2,1H3,(H,22,24). The van der Waals surface area contributed by atoms with E-state index in [9.17, 15) is 4.79 Å². The SMILES string of the molecule is Cc1sc2ncnc(N3CCCC3)c2c1C(=O)Nc1ccc(Cl)cc1. The third-order valence-corrected chi connectivity index (χ3v) is 5.64. The maximum absolute atomic E-state index is 13.0. The predicted molar refractivity (Wildman–Crippen MR) is 103 cm³/mol. The molecule has 1 aliphatic rings. The molecule has 0 aliphatic carbocycles. The highest BCUT2D eigenvalue weighted by Gasteiger charge is 2.24. The number of carbonyl (C=O) groups excluding carboxylic acids is 1. The Morgan fingerprint density at radius 3 is 2.64 bits per heavy atom. The molecule has 1 amide bonds. The predicted octanol–water partition coefficient (Wildman–Crippen LogP) is 4.51. The molecule has 1 aromatic carbocycles. The van der Waals surface area contributed by atoms with E-state index in [2.05, 4.69) is 20.2 Å². The Labute approximate surface area is 154 Å². The van der Waals surface area contributed by atoms with Crippen LogP contribution in [0.15, 0.2) is 30.6 Å². The second-order valence-electron chi connectivity index (χ2n) is 6.07. The lowest BCUT2D eigenvalue weighted by Gasteiger charge is -2.17. The molecule has 0 atom stereocenters. The number of aromatic nitrogens is 2. The molecule has 0 saturated carbocycles. The van der Waals surface area contributed by atoms with Gasteiger partial charge in [0.1, 0.15) is 17.0 Å². The summed E-state index contributed by atoms with van der Waals surface area (Å²) >= 11 is 7.44. The van der Waals surface area contributed by atoms with E-state index >= 15 is 0 Å². The van der Waals surface area contributed by atoms with Gasteiger partial charge >= 0.3 is 0 Å². The number of nitrogens with one attached hydrogen (secondary N) is 1. The fourth-order valence-corrected chi connectivity index (χ4v) is 4.31. The fourth-order valence-electron chi connectivity index (χ4n) is 3.20. The van der Waals surface area contributed by atoms with Crippen molar-refractivity contribution in [3.63, 3.8) is 0 Å². The Bertz CT molecular complexity index is 932. The smallest absolute Gasteiger partial charge is 0.257 e. The Morgan fingerprint density at radius 2 is 1.92 bits per heavy atom. The summed E-state index contributed by atoms with van der Waals surface area (Å²) in [5.74, 6) is 0.731. The zero-order chi connectivity index (χ0) is 17.4. The minimum atomic E-state index is -0.138. The lowest BCUT2D eigenvalue weighted by atomic mass is 10.1. The third-order valence-electron chi connectivity index (χ3n) is 4.38. The molecular formula is C18H17ClN4OS. The van der Waals surface area contributed by atoms with Crippen LogP contribution in [0.4, 0.5) is 11.5 Å². The van der Waals surface area contributed by atoms with Gasteiger partial charge in [0.15, 0.2) is 0 Å². The number of carbonyl (C=O) groups is 1. The van der Waals surface area contributed by atoms with Crippen LogP contribution in [-0.2, 0) is 0 Å². The maximum atomic E-state index is 13.0. The summed E-state index contributed by atoms with van der Waals surface area (Å²) in [7, 11) is 0. The van der Waals surface area contributed by atoms with Gasteiger partial charge in [-0.1, -0.05) is 11.6 Å². The minimum Gasteiger partial charge on any atom is -0.356 e. The van der Waals surface area contributed by atoms with Crippen LogP contribution in [0.3, 0.4) is 0 Å². The molecule has 1 aliphatic heterocycles. The van der Waals surface area contributed by atoms with Gasteiger partial charge in [-0.05, 0) is 44.0 Å². The fraction of sp³-hybridized carbons (Fsp3) is 0.278. The van der Waals surface area contributed by atoms with Crippen molar-refractivity contribution in [2.45, 2.75) is 19.8 Å². The molecule has 1 saturated heterocycles. The van der Waals surface area contributed by atoms with E-state index in [-0.39, 0.29) is 5.91 Å². The first-order valence-electron chi connectivity index (χ1n) is 8.19. The van der Waals surface area contributed by atoms with Gasteiger partial charge in [0.25, 0.3) is 5.91 Å². The summed E-state index contributed by atoms with van der Waals surface area (Å²) < 4.78 is 0. The van der Waals surface area contributed by atoms with E-state index < -0.39 is 0 Å². The van der Waals surface area contributed by atoms with Gasteiger partial charge in [-0.25, -0.2) is 9.97 Å². The number of anilines is 2. The van der Waals surface area contributed by atoms with Gasteiger partial charge in [0.05, 0.1) is 10.9 Å². The molecule has 0 spiro atoms. The number of thiophene rings is 1. The number of rotatable bonds is 3. The number of fused-ring (bicyclic) bond motifs is 1. The maximum Gasteiger partial charge on any atom is 0.257 e. The molecule has 5 nitrogen and oxygen atoms in total. The number of hydrogen-bond acceptors (Lipinski definition) is 5. The van der Waals surface area contributed by atoms with Crippen molar-refractivity contribution in [1.29, 1.82) is 0 Å². The molecule has 7 heteroatoms. The first-order chi connectivity index (χ1) is 12.1. The van der Waals surface area contributed by atoms with E-state index in [1.54, 1.807) is 30.6 Å². The topological polar surface area (TPSA) is 58.1 Å². The molecule has 1 fully saturated rings. The molecule has 0 unspecified atom stereocenters.